The van der Waals surface area contributed by atoms with Crippen LogP contribution in [0, 0.1) is 0 Å². The van der Waals surface area contributed by atoms with Gasteiger partial charge >= 0.3 is 11.9 Å². The lowest BCUT2D eigenvalue weighted by Gasteiger charge is -2.07. The van der Waals surface area contributed by atoms with Gasteiger partial charge in [0, 0.05) is 5.69 Å². The Morgan fingerprint density at radius 2 is 1.62 bits per heavy atom. The molecule has 1 rings (SSSR count). The highest BCUT2D eigenvalue weighted by molar-refractivity contribution is 6.43. The molecule has 0 amide bonds. The van der Waals surface area contributed by atoms with E-state index in [1.807, 2.05) is 0 Å². The van der Waals surface area contributed by atoms with Gasteiger partial charge in [-0.3, -0.25) is 0 Å². The van der Waals surface area contributed by atoms with E-state index >= 15 is 0 Å². The third-order valence-electron chi connectivity index (χ3n) is 1.66. The molecular weight excluding hydrogens is 234 g/mol. The van der Waals surface area contributed by atoms with Crippen molar-refractivity contribution in [3.05, 3.63) is 41.1 Å². The third-order valence-corrected chi connectivity index (χ3v) is 2.01. The first-order valence-electron chi connectivity index (χ1n) is 4.21. The van der Waals surface area contributed by atoms with Crippen molar-refractivity contribution in [2.24, 2.45) is 0 Å². The molecule has 0 bridgehead atoms. The van der Waals surface area contributed by atoms with E-state index in [-0.39, 0.29) is 0 Å². The fraction of sp³-hybridized carbons (Fsp3) is 0. The minimum atomic E-state index is -1.50. The van der Waals surface area contributed by atoms with Crippen molar-refractivity contribution in [1.82, 2.24) is 0 Å². The number of hydrogen-bond acceptors (Lipinski definition) is 3. The minimum Gasteiger partial charge on any atom is -0.477 e. The summed E-state index contributed by atoms with van der Waals surface area (Å²) in [5.74, 6) is -2.93. The van der Waals surface area contributed by atoms with Crippen LogP contribution in [0.15, 0.2) is 41.1 Å². The first-order valence-corrected chi connectivity index (χ1v) is 4.58. The maximum atomic E-state index is 10.8. The third kappa shape index (κ3) is 2.99. The van der Waals surface area contributed by atoms with E-state index in [1.165, 1.54) is 0 Å². The van der Waals surface area contributed by atoms with Crippen LogP contribution in [0.1, 0.15) is 0 Å². The fourth-order valence-electron chi connectivity index (χ4n) is 0.975. The molecule has 3 N–H and O–H groups in total. The van der Waals surface area contributed by atoms with E-state index in [0.29, 0.717) is 5.69 Å². The molecule has 0 aliphatic rings. The Bertz CT molecular complexity index is 441. The van der Waals surface area contributed by atoms with Crippen molar-refractivity contribution in [1.29, 1.82) is 0 Å². The lowest BCUT2D eigenvalue weighted by Crippen LogP contribution is -2.15. The number of nitrogens with one attached hydrogen (secondary N) is 1. The number of carboxylic acid groups (broad SMARTS) is 2. The highest BCUT2D eigenvalue weighted by Crippen LogP contribution is 2.15. The largest absolute Gasteiger partial charge is 0.477 e. The number of carboxylic acids is 2. The van der Waals surface area contributed by atoms with Crippen molar-refractivity contribution in [2.75, 3.05) is 5.32 Å². The zero-order valence-corrected chi connectivity index (χ0v) is 8.73. The van der Waals surface area contributed by atoms with E-state index in [1.54, 1.807) is 30.3 Å². The van der Waals surface area contributed by atoms with Crippen LogP contribution in [0.25, 0.3) is 0 Å². The van der Waals surface area contributed by atoms with Crippen molar-refractivity contribution in [2.45, 2.75) is 0 Å². The molecule has 0 aliphatic carbocycles. The lowest BCUT2D eigenvalue weighted by molar-refractivity contribution is -0.135. The molecule has 0 atom stereocenters. The average Bonchev–Trinajstić information content (AvgIpc) is 2.26. The molecule has 0 aromatic heterocycles. The van der Waals surface area contributed by atoms with Gasteiger partial charge in [0.25, 0.3) is 0 Å². The molecular formula is C10H8ClNO4. The predicted molar refractivity (Wildman–Crippen MR) is 58.2 cm³/mol. The lowest BCUT2D eigenvalue weighted by atomic mass is 10.3. The zero-order chi connectivity index (χ0) is 12.1. The summed E-state index contributed by atoms with van der Waals surface area (Å²) in [7, 11) is 0. The molecule has 0 fully saturated rings. The Morgan fingerprint density at radius 3 is 2.06 bits per heavy atom. The van der Waals surface area contributed by atoms with E-state index in [4.69, 9.17) is 21.8 Å². The van der Waals surface area contributed by atoms with Crippen molar-refractivity contribution >= 4 is 29.2 Å². The molecule has 1 aromatic carbocycles. The first-order chi connectivity index (χ1) is 7.52. The van der Waals surface area contributed by atoms with Crippen molar-refractivity contribution < 1.29 is 19.8 Å². The van der Waals surface area contributed by atoms with E-state index < -0.39 is 22.7 Å². The number of hydrogen-bond donors (Lipinski definition) is 3. The standard InChI is InChI=1S/C10H8ClNO4/c11-7(9(13)14)8(10(15)16)12-6-4-2-1-3-5-6/h1-5,12H,(H,13,14)(H,15,16)/b8-7-. The summed E-state index contributed by atoms with van der Waals surface area (Å²) in [6.45, 7) is 0. The van der Waals surface area contributed by atoms with Crippen LogP contribution in [0.5, 0.6) is 0 Å². The Hall–Kier alpha value is -2.01. The normalized spacial score (nSPS) is 11.6. The van der Waals surface area contributed by atoms with Crippen LogP contribution in [0.3, 0.4) is 0 Å². The Kier molecular flexibility index (Phi) is 3.90. The molecule has 0 unspecified atom stereocenters. The molecule has 5 nitrogen and oxygen atoms in total. The quantitative estimate of drug-likeness (QED) is 0.699. The number of aliphatic carboxylic acids is 2. The van der Waals surface area contributed by atoms with E-state index in [2.05, 4.69) is 5.32 Å². The van der Waals surface area contributed by atoms with Gasteiger partial charge < -0.3 is 15.5 Å². The van der Waals surface area contributed by atoms with Crippen LogP contribution in [-0.4, -0.2) is 22.2 Å². The van der Waals surface area contributed by atoms with Crippen LogP contribution < -0.4 is 5.32 Å². The van der Waals surface area contributed by atoms with Gasteiger partial charge in [0.1, 0.15) is 0 Å². The molecule has 84 valence electrons. The topological polar surface area (TPSA) is 86.6 Å². The molecule has 0 saturated carbocycles. The summed E-state index contributed by atoms with van der Waals surface area (Å²) in [4.78, 5) is 21.3. The molecule has 0 radical (unpaired) electrons. The molecule has 0 spiro atoms. The number of rotatable bonds is 4. The second-order valence-corrected chi connectivity index (χ2v) is 3.17. The smallest absolute Gasteiger partial charge is 0.354 e. The van der Waals surface area contributed by atoms with Gasteiger partial charge in [-0.25, -0.2) is 9.59 Å². The van der Waals surface area contributed by atoms with Gasteiger partial charge in [0.2, 0.25) is 0 Å². The van der Waals surface area contributed by atoms with Crippen LogP contribution >= 0.6 is 11.6 Å². The number of benzene rings is 1. The highest BCUT2D eigenvalue weighted by atomic mass is 35.5. The summed E-state index contributed by atoms with van der Waals surface area (Å²) >= 11 is 5.36. The summed E-state index contributed by atoms with van der Waals surface area (Å²) in [5.41, 5.74) is -0.125. The van der Waals surface area contributed by atoms with E-state index in [9.17, 15) is 9.59 Å². The summed E-state index contributed by atoms with van der Waals surface area (Å²) in [6.07, 6.45) is 0. The van der Waals surface area contributed by atoms with Crippen LogP contribution in [0.4, 0.5) is 5.69 Å². The maximum Gasteiger partial charge on any atom is 0.354 e. The highest BCUT2D eigenvalue weighted by Gasteiger charge is 2.18. The van der Waals surface area contributed by atoms with Crippen LogP contribution in [-0.2, 0) is 9.59 Å². The van der Waals surface area contributed by atoms with Crippen LogP contribution in [0.2, 0.25) is 0 Å². The summed E-state index contributed by atoms with van der Waals surface area (Å²) in [6, 6.07) is 8.28. The minimum absolute atomic E-state index is 0.444. The van der Waals surface area contributed by atoms with E-state index in [0.717, 1.165) is 0 Å². The summed E-state index contributed by atoms with van der Waals surface area (Å²) in [5, 5.41) is 19.0. The number of para-hydroxylation sites is 1. The molecule has 1 aromatic rings. The van der Waals surface area contributed by atoms with Gasteiger partial charge in [-0.1, -0.05) is 29.8 Å². The SMILES string of the molecule is O=C(O)/C(Cl)=C(/Nc1ccccc1)C(=O)O. The van der Waals surface area contributed by atoms with Gasteiger partial charge in [-0.15, -0.1) is 0 Å². The Balaban J connectivity index is 3.03. The first kappa shape index (κ1) is 12.1. The molecule has 16 heavy (non-hydrogen) atoms. The van der Waals surface area contributed by atoms with Crippen molar-refractivity contribution in [3.63, 3.8) is 0 Å². The number of halogens is 1. The Labute approximate surface area is 96.0 Å². The second-order valence-electron chi connectivity index (χ2n) is 2.79. The fourth-order valence-corrected chi connectivity index (χ4v) is 1.10. The zero-order valence-electron chi connectivity index (χ0n) is 7.98. The Morgan fingerprint density at radius 1 is 1.06 bits per heavy atom. The van der Waals surface area contributed by atoms with Gasteiger partial charge in [0.15, 0.2) is 10.7 Å². The monoisotopic (exact) mass is 241 g/mol. The number of anilines is 1. The van der Waals surface area contributed by atoms with Gasteiger partial charge in [-0.2, -0.15) is 0 Å². The summed E-state index contributed by atoms with van der Waals surface area (Å²) < 4.78 is 0. The predicted octanol–water partition coefficient (Wildman–Crippen LogP) is 1.72. The van der Waals surface area contributed by atoms with Gasteiger partial charge in [0.05, 0.1) is 0 Å². The molecule has 0 heterocycles. The molecule has 0 aliphatic heterocycles. The van der Waals surface area contributed by atoms with Crippen molar-refractivity contribution in [3.8, 4) is 0 Å². The average molecular weight is 242 g/mol. The molecule has 0 saturated heterocycles. The number of carbonyl (C=O) groups is 2. The maximum absolute atomic E-state index is 10.8. The second kappa shape index (κ2) is 5.18. The van der Waals surface area contributed by atoms with Gasteiger partial charge in [-0.05, 0) is 12.1 Å². The molecule has 6 heteroatoms.